The van der Waals surface area contributed by atoms with Crippen molar-refractivity contribution in [2.45, 2.75) is 37.0 Å². The van der Waals surface area contributed by atoms with Crippen LogP contribution >= 0.6 is 23.2 Å². The Bertz CT molecular complexity index is 354. The van der Waals surface area contributed by atoms with Crippen molar-refractivity contribution >= 4 is 29.0 Å². The maximum Gasteiger partial charge on any atom is 0.126 e. The van der Waals surface area contributed by atoms with E-state index in [2.05, 4.69) is 4.98 Å². The standard InChI is InChI=1S/C11H14Cl2N2/c12-8-3-1-2-7(4-8)10-5-9(13)6-15-11(10)14/h5-8H,1-4H2,(H2,14,15). The fraction of sp³-hybridized carbons (Fsp3) is 0.545. The fourth-order valence-electron chi connectivity index (χ4n) is 2.21. The molecule has 15 heavy (non-hydrogen) atoms. The van der Waals surface area contributed by atoms with E-state index in [4.69, 9.17) is 28.9 Å². The van der Waals surface area contributed by atoms with E-state index in [0.29, 0.717) is 16.8 Å². The van der Waals surface area contributed by atoms with E-state index < -0.39 is 0 Å². The minimum absolute atomic E-state index is 0.266. The van der Waals surface area contributed by atoms with Crippen molar-refractivity contribution in [1.82, 2.24) is 4.98 Å². The van der Waals surface area contributed by atoms with E-state index in [9.17, 15) is 0 Å². The Hall–Kier alpha value is -0.470. The van der Waals surface area contributed by atoms with Gasteiger partial charge in [-0.2, -0.15) is 0 Å². The van der Waals surface area contributed by atoms with Gasteiger partial charge in [-0.3, -0.25) is 0 Å². The molecule has 1 aromatic rings. The molecule has 2 N–H and O–H groups in total. The lowest BCUT2D eigenvalue weighted by Gasteiger charge is -2.26. The summed E-state index contributed by atoms with van der Waals surface area (Å²) in [5.74, 6) is 1.02. The van der Waals surface area contributed by atoms with Crippen molar-refractivity contribution in [2.24, 2.45) is 0 Å². The molecular formula is C11H14Cl2N2. The van der Waals surface area contributed by atoms with Crippen LogP contribution in [0.5, 0.6) is 0 Å². The first-order chi connectivity index (χ1) is 7.16. The molecule has 4 heteroatoms. The number of nitrogens with zero attached hydrogens (tertiary/aromatic N) is 1. The molecule has 1 aliphatic rings. The molecule has 1 aromatic heterocycles. The second kappa shape index (κ2) is 4.58. The Morgan fingerprint density at radius 2 is 2.20 bits per heavy atom. The van der Waals surface area contributed by atoms with Gasteiger partial charge in [0, 0.05) is 11.6 Å². The number of nitrogen functional groups attached to an aromatic ring is 1. The first-order valence-corrected chi connectivity index (χ1v) is 6.03. The highest BCUT2D eigenvalue weighted by molar-refractivity contribution is 6.30. The number of nitrogens with two attached hydrogens (primary N) is 1. The molecule has 2 unspecified atom stereocenters. The fourth-order valence-corrected chi connectivity index (χ4v) is 2.74. The van der Waals surface area contributed by atoms with E-state index >= 15 is 0 Å². The van der Waals surface area contributed by atoms with Crippen LogP contribution in [0.15, 0.2) is 12.3 Å². The van der Waals surface area contributed by atoms with Gasteiger partial charge >= 0.3 is 0 Å². The molecule has 0 amide bonds. The van der Waals surface area contributed by atoms with Crippen molar-refractivity contribution < 1.29 is 0 Å². The maximum atomic E-state index is 6.16. The van der Waals surface area contributed by atoms with Crippen molar-refractivity contribution in [1.29, 1.82) is 0 Å². The molecule has 0 aromatic carbocycles. The average molecular weight is 245 g/mol. The molecule has 1 heterocycles. The summed E-state index contributed by atoms with van der Waals surface area (Å²) in [7, 11) is 0. The van der Waals surface area contributed by atoms with Crippen molar-refractivity contribution in [3.63, 3.8) is 0 Å². The third-order valence-corrected chi connectivity index (χ3v) is 3.57. The van der Waals surface area contributed by atoms with Crippen LogP contribution in [0.2, 0.25) is 5.02 Å². The van der Waals surface area contributed by atoms with Gasteiger partial charge in [0.1, 0.15) is 5.82 Å². The summed E-state index contributed by atoms with van der Waals surface area (Å²) in [5, 5.41) is 0.915. The second-order valence-corrected chi connectivity index (χ2v) is 5.14. The molecular weight excluding hydrogens is 231 g/mol. The van der Waals surface area contributed by atoms with Gasteiger partial charge in [-0.1, -0.05) is 18.0 Å². The number of hydrogen-bond acceptors (Lipinski definition) is 2. The zero-order valence-electron chi connectivity index (χ0n) is 8.42. The largest absolute Gasteiger partial charge is 0.383 e. The van der Waals surface area contributed by atoms with Crippen LogP contribution in [0, 0.1) is 0 Å². The number of alkyl halides is 1. The average Bonchev–Trinajstić information content (AvgIpc) is 2.22. The zero-order chi connectivity index (χ0) is 10.8. The first kappa shape index (κ1) is 11.0. The van der Waals surface area contributed by atoms with Gasteiger partial charge < -0.3 is 5.73 Å². The number of hydrogen-bond donors (Lipinski definition) is 1. The van der Waals surface area contributed by atoms with Gasteiger partial charge in [-0.05, 0) is 36.8 Å². The zero-order valence-corrected chi connectivity index (χ0v) is 9.93. The van der Waals surface area contributed by atoms with Gasteiger partial charge in [0.25, 0.3) is 0 Å². The van der Waals surface area contributed by atoms with Crippen LogP contribution in [-0.2, 0) is 0 Å². The molecule has 0 spiro atoms. The van der Waals surface area contributed by atoms with E-state index in [1.165, 1.54) is 0 Å². The summed E-state index contributed by atoms with van der Waals surface area (Å²) in [5.41, 5.74) is 6.92. The van der Waals surface area contributed by atoms with Crippen molar-refractivity contribution in [2.75, 3.05) is 5.73 Å². The Morgan fingerprint density at radius 3 is 2.93 bits per heavy atom. The predicted molar refractivity (Wildman–Crippen MR) is 64.5 cm³/mol. The molecule has 0 bridgehead atoms. The normalized spacial score (nSPS) is 26.5. The van der Waals surface area contributed by atoms with Crippen LogP contribution in [0.3, 0.4) is 0 Å². The van der Waals surface area contributed by atoms with Crippen LogP contribution < -0.4 is 5.73 Å². The second-order valence-electron chi connectivity index (χ2n) is 4.09. The molecule has 1 fully saturated rings. The number of anilines is 1. The summed E-state index contributed by atoms with van der Waals surface area (Å²) in [4.78, 5) is 4.08. The van der Waals surface area contributed by atoms with Crippen molar-refractivity contribution in [3.8, 4) is 0 Å². The Labute approximate surface area is 99.8 Å². The molecule has 0 saturated heterocycles. The summed E-state index contributed by atoms with van der Waals surface area (Å²) in [6.45, 7) is 0. The van der Waals surface area contributed by atoms with Gasteiger partial charge in [0.15, 0.2) is 0 Å². The van der Waals surface area contributed by atoms with Gasteiger partial charge in [0.2, 0.25) is 0 Å². The number of rotatable bonds is 1. The van der Waals surface area contributed by atoms with E-state index in [-0.39, 0.29) is 5.38 Å². The van der Waals surface area contributed by atoms with Gasteiger partial charge in [-0.15, -0.1) is 11.6 Å². The third-order valence-electron chi connectivity index (χ3n) is 2.97. The maximum absolute atomic E-state index is 6.16. The van der Waals surface area contributed by atoms with E-state index in [1.54, 1.807) is 6.20 Å². The molecule has 2 rings (SSSR count). The summed E-state index contributed by atoms with van der Waals surface area (Å²) < 4.78 is 0. The van der Waals surface area contributed by atoms with Crippen molar-refractivity contribution in [3.05, 3.63) is 22.8 Å². The lowest BCUT2D eigenvalue weighted by Crippen LogP contribution is -2.15. The molecule has 2 atom stereocenters. The van der Waals surface area contributed by atoms with Crippen LogP contribution in [0.1, 0.15) is 37.2 Å². The Kier molecular flexibility index (Phi) is 3.37. The summed E-state index contributed by atoms with van der Waals surface area (Å²) in [6.07, 6.45) is 5.96. The number of aromatic nitrogens is 1. The lowest BCUT2D eigenvalue weighted by molar-refractivity contribution is 0.450. The van der Waals surface area contributed by atoms with E-state index in [1.807, 2.05) is 6.07 Å². The molecule has 82 valence electrons. The SMILES string of the molecule is Nc1ncc(Cl)cc1C1CCCC(Cl)C1. The highest BCUT2D eigenvalue weighted by Crippen LogP contribution is 2.37. The minimum Gasteiger partial charge on any atom is -0.383 e. The molecule has 1 saturated carbocycles. The first-order valence-electron chi connectivity index (χ1n) is 5.22. The van der Waals surface area contributed by atoms with Crippen LogP contribution in [-0.4, -0.2) is 10.4 Å². The monoisotopic (exact) mass is 244 g/mol. The minimum atomic E-state index is 0.266. The number of halogens is 2. The summed E-state index contributed by atoms with van der Waals surface area (Å²) >= 11 is 12.1. The van der Waals surface area contributed by atoms with Gasteiger partial charge in [0.05, 0.1) is 5.02 Å². The van der Waals surface area contributed by atoms with E-state index in [0.717, 1.165) is 31.2 Å². The predicted octanol–water partition coefficient (Wildman–Crippen LogP) is 3.58. The van der Waals surface area contributed by atoms with Gasteiger partial charge in [-0.25, -0.2) is 4.98 Å². The molecule has 0 aliphatic heterocycles. The molecule has 2 nitrogen and oxygen atoms in total. The topological polar surface area (TPSA) is 38.9 Å². The quantitative estimate of drug-likeness (QED) is 0.768. The number of pyridine rings is 1. The van der Waals surface area contributed by atoms with Crippen LogP contribution in [0.25, 0.3) is 0 Å². The highest BCUT2D eigenvalue weighted by Gasteiger charge is 2.23. The van der Waals surface area contributed by atoms with Crippen LogP contribution in [0.4, 0.5) is 5.82 Å². The molecule has 0 radical (unpaired) electrons. The Balaban J connectivity index is 2.24. The third kappa shape index (κ3) is 2.56. The highest BCUT2D eigenvalue weighted by atomic mass is 35.5. The Morgan fingerprint density at radius 1 is 1.40 bits per heavy atom. The summed E-state index contributed by atoms with van der Waals surface area (Å²) in [6, 6.07) is 1.92. The lowest BCUT2D eigenvalue weighted by atomic mass is 9.84. The molecule has 1 aliphatic carbocycles. The smallest absolute Gasteiger partial charge is 0.126 e.